The minimum atomic E-state index is -2.88. The van der Waals surface area contributed by atoms with Crippen LogP contribution in [-0.2, 0) is 22.9 Å². The van der Waals surface area contributed by atoms with Crippen LogP contribution in [0.5, 0.6) is 0 Å². The average molecular weight is 285 g/mol. The van der Waals surface area contributed by atoms with Crippen LogP contribution in [0, 0.1) is 5.92 Å². The Bertz CT molecular complexity index is 508. The molecule has 1 saturated heterocycles. The van der Waals surface area contributed by atoms with Crippen LogP contribution in [0.25, 0.3) is 0 Å². The first kappa shape index (κ1) is 14.5. The molecule has 2 rings (SSSR count). The number of hydrogen-bond acceptors (Lipinski definition) is 4. The third-order valence-corrected chi connectivity index (χ3v) is 5.78. The molecule has 0 saturated carbocycles. The van der Waals surface area contributed by atoms with Crippen molar-refractivity contribution >= 4 is 9.84 Å². The highest BCUT2D eigenvalue weighted by Crippen LogP contribution is 2.22. The standard InChI is InChI=1S/C13H23N3O2S/c1-11(2)6-14-7-12-8-15-10-16(12)9-13-4-3-5-19(13,17)18/h8,10-11,13-14H,3-7,9H2,1-2H3. The van der Waals surface area contributed by atoms with Gasteiger partial charge in [0.25, 0.3) is 0 Å². The molecule has 108 valence electrons. The monoisotopic (exact) mass is 285 g/mol. The molecule has 0 aromatic carbocycles. The predicted octanol–water partition coefficient (Wildman–Crippen LogP) is 1.21. The molecule has 0 aliphatic carbocycles. The lowest BCUT2D eigenvalue weighted by atomic mass is 10.2. The molecule has 1 unspecified atom stereocenters. The van der Waals surface area contributed by atoms with E-state index in [1.807, 2.05) is 10.8 Å². The summed E-state index contributed by atoms with van der Waals surface area (Å²) in [4.78, 5) is 4.14. The van der Waals surface area contributed by atoms with Crippen LogP contribution in [0.4, 0.5) is 0 Å². The molecule has 6 heteroatoms. The van der Waals surface area contributed by atoms with E-state index in [2.05, 4.69) is 24.1 Å². The summed E-state index contributed by atoms with van der Waals surface area (Å²) in [7, 11) is -2.88. The van der Waals surface area contributed by atoms with Crippen LogP contribution >= 0.6 is 0 Å². The average Bonchev–Trinajstić information content (AvgIpc) is 2.87. The van der Waals surface area contributed by atoms with Crippen molar-refractivity contribution in [1.29, 1.82) is 0 Å². The van der Waals surface area contributed by atoms with Gasteiger partial charge in [-0.25, -0.2) is 13.4 Å². The molecule has 1 aromatic rings. The predicted molar refractivity (Wildman–Crippen MR) is 75.6 cm³/mol. The van der Waals surface area contributed by atoms with Gasteiger partial charge >= 0.3 is 0 Å². The van der Waals surface area contributed by atoms with Gasteiger partial charge in [0.1, 0.15) is 0 Å². The van der Waals surface area contributed by atoms with E-state index in [1.54, 1.807) is 6.33 Å². The highest BCUT2D eigenvalue weighted by atomic mass is 32.2. The maximum Gasteiger partial charge on any atom is 0.154 e. The molecule has 1 aliphatic heterocycles. The van der Waals surface area contributed by atoms with Crippen LogP contribution < -0.4 is 5.32 Å². The summed E-state index contributed by atoms with van der Waals surface area (Å²) < 4.78 is 25.7. The molecule has 0 bridgehead atoms. The van der Waals surface area contributed by atoms with E-state index >= 15 is 0 Å². The summed E-state index contributed by atoms with van der Waals surface area (Å²) >= 11 is 0. The molecule has 0 radical (unpaired) electrons. The highest BCUT2D eigenvalue weighted by molar-refractivity contribution is 7.92. The van der Waals surface area contributed by atoms with Gasteiger partial charge in [-0.15, -0.1) is 0 Å². The van der Waals surface area contributed by atoms with Gasteiger partial charge in [0.05, 0.1) is 23.0 Å². The van der Waals surface area contributed by atoms with Gasteiger partial charge in [-0.1, -0.05) is 13.8 Å². The topological polar surface area (TPSA) is 64.0 Å². The molecule has 5 nitrogen and oxygen atoms in total. The Morgan fingerprint density at radius 2 is 2.32 bits per heavy atom. The van der Waals surface area contributed by atoms with Gasteiger partial charge in [-0.2, -0.15) is 0 Å². The van der Waals surface area contributed by atoms with Crippen LogP contribution in [-0.4, -0.2) is 35.5 Å². The van der Waals surface area contributed by atoms with E-state index < -0.39 is 9.84 Å². The van der Waals surface area contributed by atoms with Gasteiger partial charge in [0.15, 0.2) is 9.84 Å². The van der Waals surface area contributed by atoms with Crippen molar-refractivity contribution in [3.63, 3.8) is 0 Å². The van der Waals surface area contributed by atoms with Crippen LogP contribution in [0.2, 0.25) is 0 Å². The fraction of sp³-hybridized carbons (Fsp3) is 0.769. The van der Waals surface area contributed by atoms with Crippen LogP contribution in [0.1, 0.15) is 32.4 Å². The van der Waals surface area contributed by atoms with Gasteiger partial charge < -0.3 is 9.88 Å². The number of hydrogen-bond donors (Lipinski definition) is 1. The number of aromatic nitrogens is 2. The van der Waals surface area contributed by atoms with Crippen molar-refractivity contribution in [2.45, 2.75) is 45.0 Å². The maximum atomic E-state index is 11.9. The molecule has 1 fully saturated rings. The van der Waals surface area contributed by atoms with Crippen molar-refractivity contribution in [1.82, 2.24) is 14.9 Å². The van der Waals surface area contributed by atoms with E-state index in [1.165, 1.54) is 0 Å². The first-order chi connectivity index (χ1) is 8.99. The molecule has 0 spiro atoms. The van der Waals surface area contributed by atoms with E-state index in [4.69, 9.17) is 0 Å². The minimum absolute atomic E-state index is 0.231. The summed E-state index contributed by atoms with van der Waals surface area (Å²) in [5, 5.41) is 3.13. The fourth-order valence-electron chi connectivity index (χ4n) is 2.43. The van der Waals surface area contributed by atoms with E-state index in [0.29, 0.717) is 18.2 Å². The first-order valence-corrected chi connectivity index (χ1v) is 8.62. The zero-order chi connectivity index (χ0) is 13.9. The third kappa shape index (κ3) is 3.79. The quantitative estimate of drug-likeness (QED) is 0.853. The van der Waals surface area contributed by atoms with E-state index in [-0.39, 0.29) is 5.25 Å². The van der Waals surface area contributed by atoms with Crippen molar-refractivity contribution in [2.24, 2.45) is 5.92 Å². The summed E-state index contributed by atoms with van der Waals surface area (Å²) in [5.41, 5.74) is 1.06. The molecule has 1 aliphatic rings. The van der Waals surface area contributed by atoms with E-state index in [9.17, 15) is 8.42 Å². The third-order valence-electron chi connectivity index (χ3n) is 3.52. The molecule has 2 heterocycles. The largest absolute Gasteiger partial charge is 0.332 e. The number of sulfone groups is 1. The molecule has 1 aromatic heterocycles. The van der Waals surface area contributed by atoms with Gasteiger partial charge in [0, 0.05) is 19.3 Å². The lowest BCUT2D eigenvalue weighted by Gasteiger charge is -2.14. The molecule has 1 N–H and O–H groups in total. The summed E-state index contributed by atoms with van der Waals surface area (Å²) in [6, 6.07) is 0. The van der Waals surface area contributed by atoms with Gasteiger partial charge in [0.2, 0.25) is 0 Å². The number of rotatable bonds is 6. The Kier molecular flexibility index (Phi) is 4.62. The molecular formula is C13H23N3O2S. The van der Waals surface area contributed by atoms with Crippen LogP contribution in [0.15, 0.2) is 12.5 Å². The van der Waals surface area contributed by atoms with Gasteiger partial charge in [-0.05, 0) is 25.3 Å². The van der Waals surface area contributed by atoms with E-state index in [0.717, 1.165) is 31.6 Å². The smallest absolute Gasteiger partial charge is 0.154 e. The molecule has 1 atom stereocenters. The summed E-state index contributed by atoms with van der Waals surface area (Å²) in [5.74, 6) is 0.944. The minimum Gasteiger partial charge on any atom is -0.332 e. The Labute approximate surface area is 115 Å². The van der Waals surface area contributed by atoms with Crippen molar-refractivity contribution < 1.29 is 8.42 Å². The number of nitrogens with one attached hydrogen (secondary N) is 1. The van der Waals surface area contributed by atoms with Gasteiger partial charge in [-0.3, -0.25) is 0 Å². The lowest BCUT2D eigenvalue weighted by Crippen LogP contribution is -2.25. The second-order valence-corrected chi connectivity index (χ2v) is 8.09. The normalized spacial score (nSPS) is 22.2. The summed E-state index contributed by atoms with van der Waals surface area (Å²) in [6.45, 7) is 6.56. The maximum absolute atomic E-state index is 11.9. The Hall–Kier alpha value is -0.880. The second kappa shape index (κ2) is 6.05. The zero-order valence-corrected chi connectivity index (χ0v) is 12.5. The Morgan fingerprint density at radius 3 is 2.95 bits per heavy atom. The zero-order valence-electron chi connectivity index (χ0n) is 11.7. The lowest BCUT2D eigenvalue weighted by molar-refractivity contribution is 0.523. The summed E-state index contributed by atoms with van der Waals surface area (Å²) in [6.07, 6.45) is 5.12. The second-order valence-electron chi connectivity index (χ2n) is 5.69. The van der Waals surface area contributed by atoms with Crippen LogP contribution in [0.3, 0.4) is 0 Å². The Balaban J connectivity index is 1.96. The van der Waals surface area contributed by atoms with Crippen molar-refractivity contribution in [3.8, 4) is 0 Å². The highest BCUT2D eigenvalue weighted by Gasteiger charge is 2.31. The molecule has 19 heavy (non-hydrogen) atoms. The number of imidazole rings is 1. The molecular weight excluding hydrogens is 262 g/mol. The van der Waals surface area contributed by atoms with Crippen molar-refractivity contribution in [2.75, 3.05) is 12.3 Å². The van der Waals surface area contributed by atoms with Crippen molar-refractivity contribution in [3.05, 3.63) is 18.2 Å². The Morgan fingerprint density at radius 1 is 1.53 bits per heavy atom. The number of nitrogens with zero attached hydrogens (tertiary/aromatic N) is 2. The SMILES string of the molecule is CC(C)CNCc1cncn1CC1CCCS1(=O)=O. The molecule has 0 amide bonds. The fourth-order valence-corrected chi connectivity index (χ4v) is 4.25. The first-order valence-electron chi connectivity index (χ1n) is 6.90.